The van der Waals surface area contributed by atoms with Crippen molar-refractivity contribution in [3.8, 4) is 11.1 Å². The molecule has 3 heteroatoms. The van der Waals surface area contributed by atoms with E-state index in [1.165, 1.54) is 11.1 Å². The lowest BCUT2D eigenvalue weighted by atomic mass is 9.88. The second-order valence-electron chi connectivity index (χ2n) is 5.49. The number of alkyl halides is 1. The van der Waals surface area contributed by atoms with E-state index >= 15 is 0 Å². The van der Waals surface area contributed by atoms with Crippen LogP contribution in [0.2, 0.25) is 5.02 Å². The van der Waals surface area contributed by atoms with Crippen molar-refractivity contribution < 1.29 is 0 Å². The molecule has 1 aliphatic carbocycles. The first-order valence-electron chi connectivity index (χ1n) is 7.06. The molecule has 0 aromatic heterocycles. The molecule has 22 heavy (non-hydrogen) atoms. The molecule has 4 rings (SSSR count). The van der Waals surface area contributed by atoms with Gasteiger partial charge in [0.05, 0.1) is 10.7 Å². The normalized spacial score (nSPS) is 14.5. The van der Waals surface area contributed by atoms with Crippen LogP contribution >= 0.6 is 23.2 Å². The Morgan fingerprint density at radius 1 is 0.773 bits per heavy atom. The summed E-state index contributed by atoms with van der Waals surface area (Å²) in [5, 5.41) is 0.527. The summed E-state index contributed by atoms with van der Waals surface area (Å²) >= 11 is 13.4. The summed E-state index contributed by atoms with van der Waals surface area (Å²) in [5.41, 5.74) is 11.8. The lowest BCUT2D eigenvalue weighted by Crippen LogP contribution is -2.19. The van der Waals surface area contributed by atoms with Gasteiger partial charge in [0.2, 0.25) is 0 Å². The van der Waals surface area contributed by atoms with E-state index in [0.717, 1.165) is 16.7 Å². The number of nitrogens with two attached hydrogens (primary N) is 1. The highest BCUT2D eigenvalue weighted by Gasteiger charge is 2.42. The van der Waals surface area contributed by atoms with Crippen LogP contribution in [0.3, 0.4) is 0 Å². The lowest BCUT2D eigenvalue weighted by molar-refractivity contribution is 0.912. The van der Waals surface area contributed by atoms with Crippen molar-refractivity contribution in [2.75, 3.05) is 5.73 Å². The van der Waals surface area contributed by atoms with Crippen molar-refractivity contribution >= 4 is 28.9 Å². The minimum absolute atomic E-state index is 0.527. The predicted octanol–water partition coefficient (Wildman–Crippen LogP) is 5.43. The number of hydrogen-bond donors (Lipinski definition) is 1. The van der Waals surface area contributed by atoms with Gasteiger partial charge in [-0.15, -0.1) is 11.6 Å². The third kappa shape index (κ3) is 1.73. The van der Waals surface area contributed by atoms with Gasteiger partial charge in [-0.1, -0.05) is 66.2 Å². The van der Waals surface area contributed by atoms with E-state index in [2.05, 4.69) is 24.3 Å². The van der Waals surface area contributed by atoms with Gasteiger partial charge >= 0.3 is 0 Å². The van der Waals surface area contributed by atoms with Gasteiger partial charge in [0.25, 0.3) is 0 Å². The Bertz CT molecular complexity index is 841. The Hall–Kier alpha value is -1.96. The molecule has 3 aromatic carbocycles. The average Bonchev–Trinajstić information content (AvgIpc) is 2.82. The minimum Gasteiger partial charge on any atom is -0.398 e. The summed E-state index contributed by atoms with van der Waals surface area (Å²) in [4.78, 5) is -0.732. The van der Waals surface area contributed by atoms with Gasteiger partial charge < -0.3 is 5.73 Å². The molecule has 0 saturated carbocycles. The quantitative estimate of drug-likeness (QED) is 0.468. The van der Waals surface area contributed by atoms with E-state index in [0.29, 0.717) is 10.7 Å². The molecule has 2 N–H and O–H groups in total. The summed E-state index contributed by atoms with van der Waals surface area (Å²) in [7, 11) is 0. The fourth-order valence-electron chi connectivity index (χ4n) is 3.23. The smallest absolute Gasteiger partial charge is 0.121 e. The van der Waals surface area contributed by atoms with Crippen molar-refractivity contribution in [3.05, 3.63) is 88.4 Å². The van der Waals surface area contributed by atoms with E-state index in [9.17, 15) is 0 Å². The van der Waals surface area contributed by atoms with Crippen molar-refractivity contribution in [3.63, 3.8) is 0 Å². The van der Waals surface area contributed by atoms with Gasteiger partial charge in [-0.25, -0.2) is 0 Å². The second kappa shape index (κ2) is 4.77. The van der Waals surface area contributed by atoms with Crippen molar-refractivity contribution in [1.82, 2.24) is 0 Å². The zero-order valence-electron chi connectivity index (χ0n) is 11.7. The van der Waals surface area contributed by atoms with Crippen LogP contribution in [0.1, 0.15) is 16.7 Å². The first-order chi connectivity index (χ1) is 10.6. The highest BCUT2D eigenvalue weighted by atomic mass is 35.5. The molecule has 0 heterocycles. The maximum atomic E-state index is 7.18. The van der Waals surface area contributed by atoms with Crippen molar-refractivity contribution in [2.45, 2.75) is 4.87 Å². The molecule has 0 unspecified atom stereocenters. The molecule has 1 nitrogen and oxygen atoms in total. The van der Waals surface area contributed by atoms with Crippen LogP contribution in [0.25, 0.3) is 11.1 Å². The fourth-order valence-corrected chi connectivity index (χ4v) is 3.86. The number of benzene rings is 3. The average molecular weight is 326 g/mol. The largest absolute Gasteiger partial charge is 0.398 e. The highest BCUT2D eigenvalue weighted by Crippen LogP contribution is 2.55. The monoisotopic (exact) mass is 325 g/mol. The van der Waals surface area contributed by atoms with Gasteiger partial charge in [0.15, 0.2) is 0 Å². The molecule has 0 aliphatic heterocycles. The fraction of sp³-hybridized carbons (Fsp3) is 0.0526. The molecule has 1 aliphatic rings. The predicted molar refractivity (Wildman–Crippen MR) is 93.5 cm³/mol. The zero-order valence-corrected chi connectivity index (χ0v) is 13.2. The summed E-state index contributed by atoms with van der Waals surface area (Å²) in [6.45, 7) is 0. The molecule has 0 spiro atoms. The third-order valence-corrected chi connectivity index (χ3v) is 5.24. The van der Waals surface area contributed by atoms with E-state index in [-0.39, 0.29) is 0 Å². The van der Waals surface area contributed by atoms with Crippen LogP contribution < -0.4 is 5.73 Å². The van der Waals surface area contributed by atoms with E-state index in [4.69, 9.17) is 28.9 Å². The van der Waals surface area contributed by atoms with Crippen LogP contribution in [0.15, 0.2) is 66.7 Å². The van der Waals surface area contributed by atoms with E-state index < -0.39 is 4.87 Å². The SMILES string of the molecule is Nc1ccc(C2(Cl)c3ccccc3-c3ccccc32)cc1Cl. The van der Waals surface area contributed by atoms with Crippen LogP contribution in [0, 0.1) is 0 Å². The molecule has 0 bridgehead atoms. The Morgan fingerprint density at radius 2 is 1.32 bits per heavy atom. The van der Waals surface area contributed by atoms with Crippen LogP contribution in [0.4, 0.5) is 5.69 Å². The number of anilines is 1. The number of halogens is 2. The molecule has 0 atom stereocenters. The number of nitrogen functional groups attached to an aromatic ring is 1. The molecule has 3 aromatic rings. The molecule has 108 valence electrons. The van der Waals surface area contributed by atoms with Gasteiger partial charge in [-0.2, -0.15) is 0 Å². The van der Waals surface area contributed by atoms with Crippen LogP contribution in [0.5, 0.6) is 0 Å². The minimum atomic E-state index is -0.732. The summed E-state index contributed by atoms with van der Waals surface area (Å²) in [5.74, 6) is 0. The maximum absolute atomic E-state index is 7.18. The summed E-state index contributed by atoms with van der Waals surface area (Å²) in [6.07, 6.45) is 0. The second-order valence-corrected chi connectivity index (χ2v) is 6.46. The van der Waals surface area contributed by atoms with E-state index in [1.807, 2.05) is 42.5 Å². The van der Waals surface area contributed by atoms with Gasteiger partial charge in [0.1, 0.15) is 4.87 Å². The van der Waals surface area contributed by atoms with Gasteiger partial charge in [0, 0.05) is 0 Å². The Balaban J connectivity index is 2.06. The van der Waals surface area contributed by atoms with Crippen LogP contribution in [-0.4, -0.2) is 0 Å². The summed E-state index contributed by atoms with van der Waals surface area (Å²) < 4.78 is 0. The highest BCUT2D eigenvalue weighted by molar-refractivity contribution is 6.34. The molecule has 0 fully saturated rings. The topological polar surface area (TPSA) is 26.0 Å². The molecule has 0 saturated heterocycles. The van der Waals surface area contributed by atoms with E-state index in [1.54, 1.807) is 0 Å². The Labute approximate surface area is 139 Å². The standard InChI is InChI=1S/C19H13Cl2N/c20-17-11-12(9-10-18(17)22)19(21)15-7-3-1-5-13(15)14-6-2-4-8-16(14)19/h1-11H,22H2. The van der Waals surface area contributed by atoms with Crippen molar-refractivity contribution in [2.24, 2.45) is 0 Å². The number of rotatable bonds is 1. The molecule has 0 radical (unpaired) electrons. The first kappa shape index (κ1) is 13.7. The first-order valence-corrected chi connectivity index (χ1v) is 7.82. The molecular weight excluding hydrogens is 313 g/mol. The number of fused-ring (bicyclic) bond motifs is 3. The number of hydrogen-bond acceptors (Lipinski definition) is 1. The van der Waals surface area contributed by atoms with Gasteiger partial charge in [-0.05, 0) is 39.9 Å². The Kier molecular flexibility index (Phi) is 2.97. The summed E-state index contributed by atoms with van der Waals surface area (Å²) in [6, 6.07) is 22.1. The molecular formula is C19H13Cl2N. The maximum Gasteiger partial charge on any atom is 0.121 e. The Morgan fingerprint density at radius 3 is 1.86 bits per heavy atom. The molecule has 0 amide bonds. The van der Waals surface area contributed by atoms with Crippen LogP contribution in [-0.2, 0) is 4.87 Å². The zero-order chi connectivity index (χ0) is 15.3. The van der Waals surface area contributed by atoms with Crippen molar-refractivity contribution in [1.29, 1.82) is 0 Å². The van der Waals surface area contributed by atoms with Gasteiger partial charge in [-0.3, -0.25) is 0 Å². The lowest BCUT2D eigenvalue weighted by Gasteiger charge is -2.25. The third-order valence-electron chi connectivity index (χ3n) is 4.28.